The number of alkyl halides is 3. The summed E-state index contributed by atoms with van der Waals surface area (Å²) in [6.45, 7) is 0. The van der Waals surface area contributed by atoms with E-state index in [1.807, 2.05) is 0 Å². The maximum Gasteiger partial charge on any atom is 0.433 e. The highest BCUT2D eigenvalue weighted by Crippen LogP contribution is 2.43. The molecule has 1 fully saturated rings. The monoisotopic (exact) mass is 419 g/mol. The predicted octanol–water partition coefficient (Wildman–Crippen LogP) is 4.29. The first kappa shape index (κ1) is 19.5. The number of benzene rings is 1. The second kappa shape index (κ2) is 7.55. The van der Waals surface area contributed by atoms with Gasteiger partial charge in [0.2, 0.25) is 0 Å². The van der Waals surface area contributed by atoms with Crippen LogP contribution in [0.15, 0.2) is 55.0 Å². The molecule has 0 N–H and O–H groups in total. The lowest BCUT2D eigenvalue weighted by atomic mass is 10.0. The molecule has 9 heteroatoms. The summed E-state index contributed by atoms with van der Waals surface area (Å²) < 4.78 is 61.1. The Hall–Kier alpha value is -2.81. The molecule has 5 nitrogen and oxygen atoms in total. The van der Waals surface area contributed by atoms with Crippen LogP contribution in [0.4, 0.5) is 13.2 Å². The summed E-state index contributed by atoms with van der Waals surface area (Å²) >= 11 is 0. The van der Waals surface area contributed by atoms with Gasteiger partial charge in [0.15, 0.2) is 0 Å². The quantitative estimate of drug-likeness (QED) is 0.625. The molecular formula is C20H16F3N3O2S. The smallest absolute Gasteiger partial charge is 0.260 e. The van der Waals surface area contributed by atoms with Gasteiger partial charge >= 0.3 is 6.18 Å². The maximum atomic E-state index is 12.7. The highest BCUT2D eigenvalue weighted by Gasteiger charge is 2.34. The minimum atomic E-state index is -4.50. The van der Waals surface area contributed by atoms with Gasteiger partial charge in [0, 0.05) is 17.3 Å². The minimum absolute atomic E-state index is 0.192. The van der Waals surface area contributed by atoms with Crippen molar-refractivity contribution in [2.75, 3.05) is 0 Å². The van der Waals surface area contributed by atoms with Gasteiger partial charge < -0.3 is 0 Å². The van der Waals surface area contributed by atoms with Gasteiger partial charge in [0.1, 0.15) is 16.4 Å². The molecule has 1 saturated carbocycles. The first-order chi connectivity index (χ1) is 13.8. The molecule has 1 atom stereocenters. The zero-order valence-electron chi connectivity index (χ0n) is 15.0. The molecule has 0 aliphatic heterocycles. The largest absolute Gasteiger partial charge is 0.433 e. The van der Waals surface area contributed by atoms with Crippen molar-refractivity contribution in [3.8, 4) is 22.5 Å². The molecule has 4 rings (SSSR count). The fourth-order valence-corrected chi connectivity index (χ4v) is 4.24. The van der Waals surface area contributed by atoms with Crippen LogP contribution in [0.25, 0.3) is 22.5 Å². The first-order valence-electron chi connectivity index (χ1n) is 8.92. The third kappa shape index (κ3) is 4.29. The summed E-state index contributed by atoms with van der Waals surface area (Å²) in [4.78, 5) is 12.0. The van der Waals surface area contributed by atoms with Crippen LogP contribution in [0.2, 0.25) is 0 Å². The Labute approximate surface area is 166 Å². The molecule has 1 aromatic carbocycles. The summed E-state index contributed by atoms with van der Waals surface area (Å²) in [5, 5.41) is -0.463. The van der Waals surface area contributed by atoms with Gasteiger partial charge in [-0.2, -0.15) is 13.2 Å². The minimum Gasteiger partial charge on any atom is -0.260 e. The summed E-state index contributed by atoms with van der Waals surface area (Å²) in [7, 11) is -2.54. The van der Waals surface area contributed by atoms with Crippen molar-refractivity contribution < 1.29 is 21.6 Å². The predicted molar refractivity (Wildman–Crippen MR) is 101 cm³/mol. The van der Waals surface area contributed by atoms with Crippen molar-refractivity contribution in [3.05, 3.63) is 66.2 Å². The summed E-state index contributed by atoms with van der Waals surface area (Å²) in [5.74, 6) is 0.192. The maximum absolute atomic E-state index is 12.7. The Kier molecular flexibility index (Phi) is 5.08. The van der Waals surface area contributed by atoms with Crippen LogP contribution < -0.4 is 0 Å². The van der Waals surface area contributed by atoms with E-state index in [0.717, 1.165) is 36.2 Å². The fraction of sp³-hybridized carbons (Fsp3) is 0.250. The molecule has 0 radical (unpaired) electrons. The highest BCUT2D eigenvalue weighted by molar-refractivity contribution is 7.72. The number of thiol groups is 1. The Morgan fingerprint density at radius 2 is 1.52 bits per heavy atom. The number of hydrogen-bond donors (Lipinski definition) is 1. The normalized spacial score (nSPS) is 15.4. The summed E-state index contributed by atoms with van der Waals surface area (Å²) in [5.41, 5.74) is 1.86. The average molecular weight is 419 g/mol. The van der Waals surface area contributed by atoms with E-state index in [1.165, 1.54) is 12.3 Å². The van der Waals surface area contributed by atoms with Crippen LogP contribution in [-0.2, 0) is 16.9 Å². The zero-order chi connectivity index (χ0) is 20.6. The molecule has 2 heterocycles. The van der Waals surface area contributed by atoms with Crippen LogP contribution >= 0.6 is 0 Å². The second-order valence-electron chi connectivity index (χ2n) is 6.91. The van der Waals surface area contributed by atoms with Crippen molar-refractivity contribution in [1.82, 2.24) is 15.0 Å². The van der Waals surface area contributed by atoms with Crippen LogP contribution in [-0.4, -0.2) is 23.4 Å². The molecule has 0 amide bonds. The molecule has 3 aromatic rings. The molecule has 0 saturated heterocycles. The first-order valence-corrected chi connectivity index (χ1v) is 10.2. The van der Waals surface area contributed by atoms with Gasteiger partial charge in [0.25, 0.3) is 0 Å². The van der Waals surface area contributed by atoms with Gasteiger partial charge in [-0.05, 0) is 36.5 Å². The van der Waals surface area contributed by atoms with E-state index >= 15 is 0 Å². The van der Waals surface area contributed by atoms with Crippen LogP contribution in [0.1, 0.15) is 29.3 Å². The Morgan fingerprint density at radius 1 is 0.897 bits per heavy atom. The van der Waals surface area contributed by atoms with Gasteiger partial charge in [-0.15, -0.1) is 0 Å². The molecule has 150 valence electrons. The van der Waals surface area contributed by atoms with Crippen LogP contribution in [0.3, 0.4) is 0 Å². The molecule has 0 spiro atoms. The van der Waals surface area contributed by atoms with Gasteiger partial charge in [0.05, 0.1) is 29.0 Å². The highest BCUT2D eigenvalue weighted by atomic mass is 32.2. The summed E-state index contributed by atoms with van der Waals surface area (Å²) in [6.07, 6.45) is 1.45. The number of rotatable bonds is 5. The van der Waals surface area contributed by atoms with Gasteiger partial charge in [-0.25, -0.2) is 13.4 Å². The van der Waals surface area contributed by atoms with Crippen molar-refractivity contribution in [1.29, 1.82) is 0 Å². The molecule has 0 bridgehead atoms. The van der Waals surface area contributed by atoms with E-state index in [9.17, 15) is 21.6 Å². The topological polar surface area (TPSA) is 72.8 Å². The number of aromatic nitrogens is 3. The van der Waals surface area contributed by atoms with Gasteiger partial charge in [-0.1, -0.05) is 24.3 Å². The van der Waals surface area contributed by atoms with Crippen molar-refractivity contribution in [2.24, 2.45) is 5.92 Å². The van der Waals surface area contributed by atoms with E-state index in [-0.39, 0.29) is 5.92 Å². The van der Waals surface area contributed by atoms with Crippen molar-refractivity contribution in [3.63, 3.8) is 0 Å². The van der Waals surface area contributed by atoms with Crippen LogP contribution in [0.5, 0.6) is 0 Å². The second-order valence-corrected chi connectivity index (χ2v) is 8.04. The SMILES string of the molecule is O=[SH](=O)C(c1ccc(-c2cncc(-c3ccc(C(F)(F)F)nc3)n2)cc1)C1CC1. The molecular weight excluding hydrogens is 403 g/mol. The number of pyridine rings is 1. The van der Waals surface area contributed by atoms with E-state index < -0.39 is 27.8 Å². The molecule has 1 aliphatic carbocycles. The van der Waals surface area contributed by atoms with E-state index in [2.05, 4.69) is 15.0 Å². The van der Waals surface area contributed by atoms with Gasteiger partial charge in [-0.3, -0.25) is 9.97 Å². The third-order valence-corrected chi connectivity index (χ3v) is 6.00. The standard InChI is InChI=1S/C20H16F3N3O2S/c21-20(22,23)18-8-7-15(9-25-18)17-11-24-10-16(26-17)12-1-3-13(4-2-12)19(29(27)28)14-5-6-14/h1-4,7-11,14,19,29H,5-6H2. The lowest BCUT2D eigenvalue weighted by molar-refractivity contribution is -0.141. The fourth-order valence-electron chi connectivity index (χ4n) is 3.19. The Bertz CT molecular complexity index is 1090. The lowest BCUT2D eigenvalue weighted by Gasteiger charge is -2.11. The number of nitrogens with zero attached hydrogens (tertiary/aromatic N) is 3. The van der Waals surface area contributed by atoms with Crippen molar-refractivity contribution >= 4 is 10.7 Å². The number of hydrogen-bond acceptors (Lipinski definition) is 5. The lowest BCUT2D eigenvalue weighted by Crippen LogP contribution is -2.07. The number of halogens is 3. The van der Waals surface area contributed by atoms with E-state index in [1.54, 1.807) is 30.5 Å². The van der Waals surface area contributed by atoms with E-state index in [0.29, 0.717) is 17.0 Å². The average Bonchev–Trinajstić information content (AvgIpc) is 3.53. The molecule has 1 aliphatic rings. The van der Waals surface area contributed by atoms with E-state index in [4.69, 9.17) is 0 Å². The molecule has 2 aromatic heterocycles. The Morgan fingerprint density at radius 3 is 2.03 bits per heavy atom. The third-order valence-electron chi connectivity index (χ3n) is 4.83. The molecule has 1 unspecified atom stereocenters. The van der Waals surface area contributed by atoms with Crippen molar-refractivity contribution in [2.45, 2.75) is 24.3 Å². The summed E-state index contributed by atoms with van der Waals surface area (Å²) in [6, 6.07) is 9.32. The zero-order valence-corrected chi connectivity index (χ0v) is 15.9. The Balaban J connectivity index is 1.60. The molecule has 29 heavy (non-hydrogen) atoms. The van der Waals surface area contributed by atoms with Crippen LogP contribution in [0, 0.1) is 5.92 Å².